The van der Waals surface area contributed by atoms with Crippen molar-refractivity contribution in [3.05, 3.63) is 45.9 Å². The van der Waals surface area contributed by atoms with E-state index in [1.165, 1.54) is 4.90 Å². The molecule has 1 fully saturated rings. The van der Waals surface area contributed by atoms with E-state index in [0.29, 0.717) is 34.6 Å². The monoisotopic (exact) mass is 400 g/mol. The number of rotatable bonds is 4. The third kappa shape index (κ3) is 3.21. The molecule has 0 bridgehead atoms. The molecule has 0 aliphatic carbocycles. The van der Waals surface area contributed by atoms with Gasteiger partial charge in [0.1, 0.15) is 36.6 Å². The number of hydrogen-bond donors (Lipinski definition) is 3. The quantitative estimate of drug-likeness (QED) is 0.282. The molecule has 0 spiro atoms. The van der Waals surface area contributed by atoms with E-state index < -0.39 is 0 Å². The Balaban J connectivity index is 1.92. The lowest BCUT2D eigenvalue weighted by Crippen LogP contribution is -3.14. The Hall–Kier alpha value is -2.62. The van der Waals surface area contributed by atoms with Gasteiger partial charge in [0, 0.05) is 11.8 Å². The summed E-state index contributed by atoms with van der Waals surface area (Å²) in [6.45, 7) is 6.81. The highest BCUT2D eigenvalue weighted by atomic mass is 32.1. The molecular formula is C19H24N6O2S+2. The van der Waals surface area contributed by atoms with E-state index in [9.17, 15) is 4.79 Å². The van der Waals surface area contributed by atoms with Gasteiger partial charge in [0.15, 0.2) is 0 Å². The number of nitrogens with zero attached hydrogens (tertiary/aromatic N) is 3. The van der Waals surface area contributed by atoms with Gasteiger partial charge in [0.25, 0.3) is 11.2 Å². The van der Waals surface area contributed by atoms with E-state index in [2.05, 4.69) is 0 Å². The minimum absolute atomic E-state index is 0.159. The molecule has 1 aliphatic rings. The fourth-order valence-corrected chi connectivity index (χ4v) is 3.88. The van der Waals surface area contributed by atoms with Crippen molar-refractivity contribution in [2.45, 2.75) is 13.5 Å². The molecule has 146 valence electrons. The van der Waals surface area contributed by atoms with Crippen molar-refractivity contribution in [3.8, 4) is 0 Å². The molecule has 3 aromatic heterocycles. The predicted molar refractivity (Wildman–Crippen MR) is 111 cm³/mol. The Bertz CT molecular complexity index is 1140. The smallest absolute Gasteiger partial charge is 0.278 e. The van der Waals surface area contributed by atoms with Crippen LogP contribution in [0.5, 0.6) is 0 Å². The zero-order chi connectivity index (χ0) is 19.8. The van der Waals surface area contributed by atoms with E-state index in [0.717, 1.165) is 38.4 Å². The first-order valence-electron chi connectivity index (χ1n) is 9.32. The van der Waals surface area contributed by atoms with Gasteiger partial charge in [-0.1, -0.05) is 23.3 Å². The van der Waals surface area contributed by atoms with Crippen LogP contribution >= 0.6 is 12.2 Å². The molecule has 0 atom stereocenters. The first-order valence-corrected chi connectivity index (χ1v) is 9.73. The van der Waals surface area contributed by atoms with Gasteiger partial charge >= 0.3 is 0 Å². The molecular weight excluding hydrogens is 376 g/mol. The van der Waals surface area contributed by atoms with E-state index in [4.69, 9.17) is 33.4 Å². The second kappa shape index (κ2) is 7.42. The van der Waals surface area contributed by atoms with Gasteiger partial charge in [-0.05, 0) is 19.1 Å². The Morgan fingerprint density at radius 2 is 2.18 bits per heavy atom. The van der Waals surface area contributed by atoms with Crippen molar-refractivity contribution in [2.24, 2.45) is 5.73 Å². The molecule has 3 aromatic rings. The largest absolute Gasteiger partial charge is 0.389 e. The Morgan fingerprint density at radius 3 is 2.89 bits per heavy atom. The summed E-state index contributed by atoms with van der Waals surface area (Å²) in [5.41, 5.74) is 14.7. The summed E-state index contributed by atoms with van der Waals surface area (Å²) in [5, 5.41) is 0.456. The van der Waals surface area contributed by atoms with Crippen molar-refractivity contribution < 1.29 is 14.2 Å². The number of pyridine rings is 2. The highest BCUT2D eigenvalue weighted by molar-refractivity contribution is 7.80. The van der Waals surface area contributed by atoms with Crippen LogP contribution in [-0.4, -0.2) is 47.2 Å². The maximum absolute atomic E-state index is 13.1. The summed E-state index contributed by atoms with van der Waals surface area (Å²) >= 11 is 5.17. The molecule has 4 rings (SSSR count). The molecule has 1 aliphatic heterocycles. The van der Waals surface area contributed by atoms with Crippen LogP contribution in [0.25, 0.3) is 16.7 Å². The fraction of sp³-hybridized carbons (Fsp3) is 0.368. The highest BCUT2D eigenvalue weighted by Gasteiger charge is 2.24. The Morgan fingerprint density at radius 1 is 1.43 bits per heavy atom. The number of aromatic nitrogens is 3. The molecule has 4 heterocycles. The predicted octanol–water partition coefficient (Wildman–Crippen LogP) is -1.42. The number of fused-ring (bicyclic) bond motifs is 2. The van der Waals surface area contributed by atoms with Crippen molar-refractivity contribution in [1.82, 2.24) is 9.38 Å². The van der Waals surface area contributed by atoms with Crippen LogP contribution < -0.4 is 26.5 Å². The number of thiocarbonyl (C=S) groups is 1. The molecule has 0 saturated carbocycles. The van der Waals surface area contributed by atoms with Gasteiger partial charge in [0.2, 0.25) is 11.5 Å². The average Bonchev–Trinajstić information content (AvgIpc) is 2.68. The lowest BCUT2D eigenvalue weighted by atomic mass is 10.2. The maximum atomic E-state index is 13.1. The Labute approximate surface area is 167 Å². The van der Waals surface area contributed by atoms with Crippen LogP contribution in [0.4, 0.5) is 5.82 Å². The summed E-state index contributed by atoms with van der Waals surface area (Å²) < 4.78 is 8.86. The molecule has 28 heavy (non-hydrogen) atoms. The number of quaternary nitrogens is 1. The second-order valence-corrected chi connectivity index (χ2v) is 7.55. The third-order valence-corrected chi connectivity index (χ3v) is 5.55. The maximum Gasteiger partial charge on any atom is 0.278 e. The van der Waals surface area contributed by atoms with E-state index in [-0.39, 0.29) is 10.5 Å². The van der Waals surface area contributed by atoms with Crippen LogP contribution in [0.2, 0.25) is 0 Å². The molecule has 0 unspecified atom stereocenters. The molecule has 0 amide bonds. The minimum Gasteiger partial charge on any atom is -0.389 e. The van der Waals surface area contributed by atoms with E-state index >= 15 is 0 Å². The zero-order valence-corrected chi connectivity index (χ0v) is 16.6. The van der Waals surface area contributed by atoms with Gasteiger partial charge in [-0.15, -0.1) is 0 Å². The van der Waals surface area contributed by atoms with Gasteiger partial charge in [-0.3, -0.25) is 9.20 Å². The van der Waals surface area contributed by atoms with Gasteiger partial charge in [0.05, 0.1) is 18.8 Å². The Kier molecular flexibility index (Phi) is 4.96. The third-order valence-electron chi connectivity index (χ3n) is 5.33. The number of aryl methyl sites for hydroxylation is 1. The number of nitrogen functional groups attached to an aromatic ring is 1. The van der Waals surface area contributed by atoms with Gasteiger partial charge in [-0.25, -0.2) is 4.57 Å². The first kappa shape index (κ1) is 18.7. The van der Waals surface area contributed by atoms with Gasteiger partial charge in [-0.2, -0.15) is 0 Å². The van der Waals surface area contributed by atoms with E-state index in [1.54, 1.807) is 16.7 Å². The normalized spacial score (nSPS) is 15.3. The second-order valence-electron chi connectivity index (χ2n) is 7.11. The number of ether oxygens (including phenoxy) is 1. The SMILES string of the molecule is Cc1cccn2c(=O)c3cc(C(N)=S)c(N)[n+](CC[NH+]4CCOCC4)c3nc12. The average molecular weight is 401 g/mol. The number of nitrogens with one attached hydrogen (secondary N) is 1. The van der Waals surface area contributed by atoms with Crippen LogP contribution in [0, 0.1) is 6.92 Å². The lowest BCUT2D eigenvalue weighted by Gasteiger charge is -2.23. The lowest BCUT2D eigenvalue weighted by molar-refractivity contribution is -0.923. The standard InChI is InChI=1S/C19H22N6O2S/c1-12-3-2-4-25-17(12)22-18-14(19(25)26)11-13(16(21)28)15(20)24(18)6-5-23-7-9-27-10-8-23/h2-4,11,20H,5-10H2,1H3,(H2,21,28)/p+2. The summed E-state index contributed by atoms with van der Waals surface area (Å²) in [4.78, 5) is 19.5. The molecule has 9 heteroatoms. The van der Waals surface area contributed by atoms with Gasteiger partial charge < -0.3 is 21.1 Å². The summed E-state index contributed by atoms with van der Waals surface area (Å²) in [6.07, 6.45) is 1.72. The minimum atomic E-state index is -0.159. The number of morpholine rings is 1. The number of anilines is 1. The highest BCUT2D eigenvalue weighted by Crippen LogP contribution is 2.15. The van der Waals surface area contributed by atoms with Crippen molar-refractivity contribution in [2.75, 3.05) is 38.6 Å². The van der Waals surface area contributed by atoms with Crippen LogP contribution in [-0.2, 0) is 11.3 Å². The van der Waals surface area contributed by atoms with E-state index in [1.807, 2.05) is 23.6 Å². The zero-order valence-electron chi connectivity index (χ0n) is 15.8. The summed E-state index contributed by atoms with van der Waals surface area (Å²) in [5.74, 6) is 0.442. The molecule has 0 aromatic carbocycles. The molecule has 5 N–H and O–H groups in total. The first-order chi connectivity index (χ1) is 13.5. The molecule has 1 saturated heterocycles. The van der Waals surface area contributed by atoms with Crippen molar-refractivity contribution >= 4 is 39.7 Å². The molecule has 8 nitrogen and oxygen atoms in total. The molecule has 0 radical (unpaired) electrons. The van der Waals surface area contributed by atoms with Crippen LogP contribution in [0.15, 0.2) is 29.2 Å². The van der Waals surface area contributed by atoms with Crippen molar-refractivity contribution in [1.29, 1.82) is 0 Å². The van der Waals surface area contributed by atoms with Crippen LogP contribution in [0.3, 0.4) is 0 Å². The summed E-state index contributed by atoms with van der Waals surface area (Å²) in [7, 11) is 0. The fourth-order valence-electron chi connectivity index (χ4n) is 3.71. The number of nitrogens with two attached hydrogens (primary N) is 2. The summed E-state index contributed by atoms with van der Waals surface area (Å²) in [6, 6.07) is 5.43. The topological polar surface area (TPSA) is 104 Å². The van der Waals surface area contributed by atoms with Crippen molar-refractivity contribution in [3.63, 3.8) is 0 Å². The van der Waals surface area contributed by atoms with Crippen LogP contribution in [0.1, 0.15) is 11.1 Å². The number of hydrogen-bond acceptors (Lipinski definition) is 5.